The lowest BCUT2D eigenvalue weighted by molar-refractivity contribution is -0.0197. The molecule has 1 amide bonds. The monoisotopic (exact) mass is 484 g/mol. The average Bonchev–Trinajstić information content (AvgIpc) is 3.39. The summed E-state index contributed by atoms with van der Waals surface area (Å²) >= 11 is 0. The first-order valence-electron chi connectivity index (χ1n) is 11.8. The molecule has 1 saturated carbocycles. The standard InChI is InChI=1S/C28H28N4O4/c1-28(2,20-6-10-22(11-7-20)35-24-16-25(17-24)36-27(29)33)19-4-8-21(9-5-19)34-23-12-13-26(30-18-23)32-15-3-14-31-32/h3-15,18,24-25H,16-17H2,1-2H3,(H2,29,33). The van der Waals surface area contributed by atoms with Gasteiger partial charge in [0.25, 0.3) is 0 Å². The fourth-order valence-electron chi connectivity index (χ4n) is 4.23. The largest absolute Gasteiger partial charge is 0.490 e. The number of benzene rings is 2. The predicted molar refractivity (Wildman–Crippen MR) is 135 cm³/mol. The van der Waals surface area contributed by atoms with Crippen LogP contribution in [0.4, 0.5) is 4.79 Å². The van der Waals surface area contributed by atoms with E-state index in [1.807, 2.05) is 48.7 Å². The lowest BCUT2D eigenvalue weighted by Gasteiger charge is -2.34. The molecule has 0 spiro atoms. The molecule has 0 bridgehead atoms. The lowest BCUT2D eigenvalue weighted by atomic mass is 9.78. The summed E-state index contributed by atoms with van der Waals surface area (Å²) in [6.45, 7) is 4.38. The molecule has 8 heteroatoms. The maximum absolute atomic E-state index is 10.8. The fraction of sp³-hybridized carbons (Fsp3) is 0.250. The number of hydrogen-bond donors (Lipinski definition) is 1. The summed E-state index contributed by atoms with van der Waals surface area (Å²) in [6.07, 6.45) is 5.73. The van der Waals surface area contributed by atoms with Gasteiger partial charge in [-0.15, -0.1) is 0 Å². The van der Waals surface area contributed by atoms with Gasteiger partial charge in [0.1, 0.15) is 29.5 Å². The zero-order chi connectivity index (χ0) is 25.1. The van der Waals surface area contributed by atoms with Gasteiger partial charge >= 0.3 is 6.09 Å². The Bertz CT molecular complexity index is 1300. The maximum atomic E-state index is 10.8. The molecule has 2 aromatic carbocycles. The first-order valence-corrected chi connectivity index (χ1v) is 11.8. The van der Waals surface area contributed by atoms with E-state index in [1.54, 1.807) is 17.1 Å². The third-order valence-corrected chi connectivity index (χ3v) is 6.48. The third kappa shape index (κ3) is 5.17. The summed E-state index contributed by atoms with van der Waals surface area (Å²) in [5, 5.41) is 4.18. The van der Waals surface area contributed by atoms with Crippen molar-refractivity contribution in [2.75, 3.05) is 0 Å². The Morgan fingerprint density at radius 1 is 0.917 bits per heavy atom. The molecule has 0 unspecified atom stereocenters. The lowest BCUT2D eigenvalue weighted by Crippen LogP contribution is -2.41. The molecule has 0 radical (unpaired) electrons. The van der Waals surface area contributed by atoms with Crippen LogP contribution < -0.4 is 15.2 Å². The molecule has 0 saturated heterocycles. The van der Waals surface area contributed by atoms with Gasteiger partial charge in [-0.2, -0.15) is 5.10 Å². The number of aromatic nitrogens is 3. The van der Waals surface area contributed by atoms with Crippen LogP contribution in [0.1, 0.15) is 37.8 Å². The van der Waals surface area contributed by atoms with Gasteiger partial charge in [-0.1, -0.05) is 38.1 Å². The summed E-state index contributed by atoms with van der Waals surface area (Å²) in [4.78, 5) is 15.2. The van der Waals surface area contributed by atoms with Crippen molar-refractivity contribution in [1.82, 2.24) is 14.8 Å². The van der Waals surface area contributed by atoms with Crippen LogP contribution >= 0.6 is 0 Å². The van der Waals surface area contributed by atoms with Crippen LogP contribution in [0.2, 0.25) is 0 Å². The van der Waals surface area contributed by atoms with Crippen LogP contribution in [-0.4, -0.2) is 33.1 Å². The Hall–Kier alpha value is -4.33. The zero-order valence-electron chi connectivity index (χ0n) is 20.2. The molecule has 2 aromatic heterocycles. The molecular formula is C28H28N4O4. The van der Waals surface area contributed by atoms with Crippen molar-refractivity contribution in [3.05, 3.63) is 96.4 Å². The summed E-state index contributed by atoms with van der Waals surface area (Å²) in [6, 6.07) is 21.8. The molecular weight excluding hydrogens is 456 g/mol. The first-order chi connectivity index (χ1) is 17.4. The Kier molecular flexibility index (Phi) is 6.33. The quantitative estimate of drug-likeness (QED) is 0.360. The van der Waals surface area contributed by atoms with Crippen LogP contribution in [0.5, 0.6) is 17.2 Å². The minimum Gasteiger partial charge on any atom is -0.490 e. The van der Waals surface area contributed by atoms with Crippen LogP contribution in [0.15, 0.2) is 85.3 Å². The highest BCUT2D eigenvalue weighted by Crippen LogP contribution is 2.35. The van der Waals surface area contributed by atoms with Gasteiger partial charge in [0, 0.05) is 30.7 Å². The second kappa shape index (κ2) is 9.73. The van der Waals surface area contributed by atoms with Gasteiger partial charge in [0.15, 0.2) is 5.82 Å². The SMILES string of the molecule is CC(C)(c1ccc(Oc2ccc(-n3cccn3)nc2)cc1)c1ccc(OC2CC(OC(N)=O)C2)cc1. The van der Waals surface area contributed by atoms with E-state index in [0.29, 0.717) is 18.6 Å². The van der Waals surface area contributed by atoms with Gasteiger partial charge in [-0.3, -0.25) is 0 Å². The molecule has 2 heterocycles. The van der Waals surface area contributed by atoms with Crippen molar-refractivity contribution in [3.63, 3.8) is 0 Å². The van der Waals surface area contributed by atoms with Crippen molar-refractivity contribution in [2.24, 2.45) is 5.73 Å². The van der Waals surface area contributed by atoms with Crippen molar-refractivity contribution in [3.8, 4) is 23.1 Å². The molecule has 1 fully saturated rings. The minimum atomic E-state index is -0.735. The van der Waals surface area contributed by atoms with Gasteiger partial charge in [-0.05, 0) is 53.6 Å². The van der Waals surface area contributed by atoms with Crippen molar-refractivity contribution < 1.29 is 19.0 Å². The molecule has 1 aliphatic rings. The minimum absolute atomic E-state index is 0.0396. The summed E-state index contributed by atoms with van der Waals surface area (Å²) in [5.41, 5.74) is 7.19. The average molecular weight is 485 g/mol. The summed E-state index contributed by atoms with van der Waals surface area (Å²) in [7, 11) is 0. The van der Waals surface area contributed by atoms with Crippen LogP contribution in [0, 0.1) is 0 Å². The molecule has 184 valence electrons. The van der Waals surface area contributed by atoms with E-state index in [4.69, 9.17) is 19.9 Å². The second-order valence-electron chi connectivity index (χ2n) is 9.35. The highest BCUT2D eigenvalue weighted by molar-refractivity contribution is 5.64. The smallest absolute Gasteiger partial charge is 0.404 e. The number of primary amides is 1. The van der Waals surface area contributed by atoms with E-state index in [0.717, 1.165) is 17.3 Å². The number of carbonyl (C=O) groups is 1. The van der Waals surface area contributed by atoms with Crippen LogP contribution in [-0.2, 0) is 10.2 Å². The fourth-order valence-corrected chi connectivity index (χ4v) is 4.23. The molecule has 2 N–H and O–H groups in total. The number of hydrogen-bond acceptors (Lipinski definition) is 6. The highest BCUT2D eigenvalue weighted by atomic mass is 16.6. The third-order valence-electron chi connectivity index (χ3n) is 6.48. The van der Waals surface area contributed by atoms with E-state index in [2.05, 4.69) is 48.2 Å². The summed E-state index contributed by atoms with van der Waals surface area (Å²) in [5.74, 6) is 2.93. The normalized spacial score (nSPS) is 17.2. The Morgan fingerprint density at radius 2 is 1.56 bits per heavy atom. The molecule has 8 nitrogen and oxygen atoms in total. The predicted octanol–water partition coefficient (Wildman–Crippen LogP) is 5.39. The van der Waals surface area contributed by atoms with Crippen LogP contribution in [0.25, 0.3) is 5.82 Å². The number of nitrogens with two attached hydrogens (primary N) is 1. The van der Waals surface area contributed by atoms with Gasteiger partial charge < -0.3 is 19.9 Å². The molecule has 4 aromatic rings. The maximum Gasteiger partial charge on any atom is 0.404 e. The molecule has 36 heavy (non-hydrogen) atoms. The van der Waals surface area contributed by atoms with Crippen molar-refractivity contribution in [1.29, 1.82) is 0 Å². The molecule has 0 atom stereocenters. The number of rotatable bonds is 8. The first kappa shape index (κ1) is 23.4. The Labute approximate surface area is 209 Å². The van der Waals surface area contributed by atoms with E-state index in [1.165, 1.54) is 11.1 Å². The van der Waals surface area contributed by atoms with Gasteiger partial charge in [-0.25, -0.2) is 14.5 Å². The van der Waals surface area contributed by atoms with Gasteiger partial charge in [0.05, 0.1) is 6.20 Å². The molecule has 0 aliphatic heterocycles. The van der Waals surface area contributed by atoms with E-state index >= 15 is 0 Å². The highest BCUT2D eigenvalue weighted by Gasteiger charge is 2.33. The number of ether oxygens (including phenoxy) is 3. The van der Waals surface area contributed by atoms with E-state index in [-0.39, 0.29) is 17.6 Å². The topological polar surface area (TPSA) is 101 Å². The van der Waals surface area contributed by atoms with Crippen molar-refractivity contribution >= 4 is 6.09 Å². The second-order valence-corrected chi connectivity index (χ2v) is 9.35. The Morgan fingerprint density at radius 3 is 2.11 bits per heavy atom. The summed E-state index contributed by atoms with van der Waals surface area (Å²) < 4.78 is 18.6. The van der Waals surface area contributed by atoms with E-state index < -0.39 is 6.09 Å². The number of carbonyl (C=O) groups excluding carboxylic acids is 1. The number of nitrogens with zero attached hydrogens (tertiary/aromatic N) is 3. The van der Waals surface area contributed by atoms with Gasteiger partial charge in [0.2, 0.25) is 0 Å². The zero-order valence-corrected chi connectivity index (χ0v) is 20.2. The molecule has 5 rings (SSSR count). The number of amides is 1. The van der Waals surface area contributed by atoms with Crippen LogP contribution in [0.3, 0.4) is 0 Å². The van der Waals surface area contributed by atoms with Crippen molar-refractivity contribution in [2.45, 2.75) is 44.3 Å². The van der Waals surface area contributed by atoms with E-state index in [9.17, 15) is 4.79 Å². The number of pyridine rings is 1. The molecule has 1 aliphatic carbocycles. The Balaban J connectivity index is 1.19.